The number of nitrogens with one attached hydrogen (secondary N) is 1. The van der Waals surface area contributed by atoms with Crippen molar-refractivity contribution in [3.8, 4) is 34.7 Å². The monoisotopic (exact) mass is 459 g/mol. The number of ether oxygens (including phenoxy) is 1. The highest BCUT2D eigenvalue weighted by Gasteiger charge is 2.33. The maximum Gasteiger partial charge on any atom is 0.318 e. The van der Waals surface area contributed by atoms with Gasteiger partial charge in [-0.05, 0) is 56.0 Å². The number of aliphatic hydroxyl groups excluding tert-OH is 1. The molecule has 1 fully saturated rings. The molecule has 0 spiro atoms. The number of carbonyl (C=O) groups is 1. The summed E-state index contributed by atoms with van der Waals surface area (Å²) in [6, 6.07) is 13.0. The maximum atomic E-state index is 12.4. The van der Waals surface area contributed by atoms with Crippen molar-refractivity contribution in [1.82, 2.24) is 20.4 Å². The highest BCUT2D eigenvalue weighted by molar-refractivity contribution is 5.76. The van der Waals surface area contributed by atoms with Gasteiger partial charge in [0.15, 0.2) is 0 Å². The molecule has 2 aromatic carbocycles. The SMILES string of the molecule is CC(C)Oc1ccc(-c2nc(-c3cccc4c3CC[C@@H]4NC(=O)N3CC(O)C3)no2)cc1C#N. The van der Waals surface area contributed by atoms with E-state index < -0.39 is 6.10 Å². The molecule has 2 heterocycles. The smallest absolute Gasteiger partial charge is 0.318 e. The van der Waals surface area contributed by atoms with Crippen LogP contribution in [0, 0.1) is 11.3 Å². The number of fused-ring (bicyclic) bond motifs is 1. The van der Waals surface area contributed by atoms with Crippen molar-refractivity contribution in [3.05, 3.63) is 53.1 Å². The van der Waals surface area contributed by atoms with E-state index in [1.165, 1.54) is 0 Å². The standard InChI is InChI=1S/C25H25N5O4/c1-14(2)33-22-9-6-15(10-16(22)11-26)24-28-23(29-34-24)20-5-3-4-19-18(20)7-8-21(19)27-25(32)30-12-17(31)13-30/h3-6,9-10,14,17,21,31H,7-8,12-13H2,1-2H3,(H,27,32)/t21-/m0/s1. The Morgan fingerprint density at radius 3 is 2.88 bits per heavy atom. The lowest BCUT2D eigenvalue weighted by molar-refractivity contribution is 0.0257. The topological polar surface area (TPSA) is 125 Å². The van der Waals surface area contributed by atoms with Gasteiger partial charge in [-0.25, -0.2) is 4.79 Å². The molecule has 3 aromatic rings. The summed E-state index contributed by atoms with van der Waals surface area (Å²) in [6.07, 6.45) is 1.09. The van der Waals surface area contributed by atoms with Gasteiger partial charge in [-0.3, -0.25) is 0 Å². The number of nitrogens with zero attached hydrogens (tertiary/aromatic N) is 4. The first-order valence-corrected chi connectivity index (χ1v) is 11.3. The number of aliphatic hydroxyl groups is 1. The fourth-order valence-electron chi connectivity index (χ4n) is 4.43. The number of urea groups is 1. The number of rotatable bonds is 5. The first-order valence-electron chi connectivity index (χ1n) is 11.3. The van der Waals surface area contributed by atoms with Crippen molar-refractivity contribution in [2.75, 3.05) is 13.1 Å². The van der Waals surface area contributed by atoms with Crippen LogP contribution in [0.25, 0.3) is 22.8 Å². The van der Waals surface area contributed by atoms with Gasteiger partial charge in [0.25, 0.3) is 5.89 Å². The molecule has 2 amide bonds. The fourth-order valence-corrected chi connectivity index (χ4v) is 4.43. The number of amides is 2. The van der Waals surface area contributed by atoms with Gasteiger partial charge in [-0.1, -0.05) is 23.4 Å². The molecule has 34 heavy (non-hydrogen) atoms. The Kier molecular flexibility index (Phi) is 5.67. The second-order valence-corrected chi connectivity index (χ2v) is 8.89. The lowest BCUT2D eigenvalue weighted by Crippen LogP contribution is -2.57. The summed E-state index contributed by atoms with van der Waals surface area (Å²) in [7, 11) is 0. The predicted octanol–water partition coefficient (Wildman–Crippen LogP) is 3.44. The zero-order valence-electron chi connectivity index (χ0n) is 19.0. The zero-order chi connectivity index (χ0) is 23.8. The van der Waals surface area contributed by atoms with Crippen LogP contribution in [-0.4, -0.2) is 51.5 Å². The van der Waals surface area contributed by atoms with Gasteiger partial charge in [-0.15, -0.1) is 0 Å². The van der Waals surface area contributed by atoms with Gasteiger partial charge in [0.05, 0.1) is 36.9 Å². The minimum absolute atomic E-state index is 0.0424. The summed E-state index contributed by atoms with van der Waals surface area (Å²) in [5.74, 6) is 1.30. The molecule has 2 N–H and O–H groups in total. The zero-order valence-corrected chi connectivity index (χ0v) is 19.0. The largest absolute Gasteiger partial charge is 0.490 e. The Morgan fingerprint density at radius 1 is 1.32 bits per heavy atom. The molecule has 174 valence electrons. The van der Waals surface area contributed by atoms with Crippen molar-refractivity contribution in [2.24, 2.45) is 0 Å². The normalized spacial score (nSPS) is 17.3. The quantitative estimate of drug-likeness (QED) is 0.599. The summed E-state index contributed by atoms with van der Waals surface area (Å²) in [6.45, 7) is 4.55. The number of nitriles is 1. The maximum absolute atomic E-state index is 12.4. The van der Waals surface area contributed by atoms with Crippen LogP contribution in [0.4, 0.5) is 4.79 Å². The molecule has 0 saturated carbocycles. The van der Waals surface area contributed by atoms with E-state index in [4.69, 9.17) is 9.26 Å². The first-order chi connectivity index (χ1) is 16.4. The lowest BCUT2D eigenvalue weighted by Gasteiger charge is -2.36. The van der Waals surface area contributed by atoms with E-state index in [1.54, 1.807) is 23.1 Å². The fraction of sp³-hybridized carbons (Fsp3) is 0.360. The van der Waals surface area contributed by atoms with Crippen molar-refractivity contribution >= 4 is 6.03 Å². The molecule has 0 radical (unpaired) electrons. The highest BCUT2D eigenvalue weighted by atomic mass is 16.5. The van der Waals surface area contributed by atoms with Crippen LogP contribution in [0.15, 0.2) is 40.9 Å². The van der Waals surface area contributed by atoms with Gasteiger partial charge in [-0.2, -0.15) is 10.2 Å². The summed E-state index contributed by atoms with van der Waals surface area (Å²) < 4.78 is 11.2. The van der Waals surface area contributed by atoms with Crippen LogP contribution in [-0.2, 0) is 6.42 Å². The van der Waals surface area contributed by atoms with Crippen LogP contribution in [0.1, 0.15) is 43.0 Å². The van der Waals surface area contributed by atoms with E-state index in [0.717, 1.165) is 29.5 Å². The minimum atomic E-state index is -0.427. The Bertz CT molecular complexity index is 1270. The van der Waals surface area contributed by atoms with E-state index in [0.29, 0.717) is 41.7 Å². The third-order valence-electron chi connectivity index (χ3n) is 6.09. The molecule has 1 aromatic heterocycles. The molecular formula is C25H25N5O4. The van der Waals surface area contributed by atoms with Gasteiger partial charge in [0.2, 0.25) is 5.82 Å². The van der Waals surface area contributed by atoms with E-state index in [1.807, 2.05) is 32.0 Å². The molecule has 1 atom stereocenters. The number of likely N-dealkylation sites (tertiary alicyclic amines) is 1. The summed E-state index contributed by atoms with van der Waals surface area (Å²) in [4.78, 5) is 18.6. The van der Waals surface area contributed by atoms with Gasteiger partial charge in [0.1, 0.15) is 11.8 Å². The van der Waals surface area contributed by atoms with Crippen LogP contribution >= 0.6 is 0 Å². The van der Waals surface area contributed by atoms with Crippen molar-refractivity contribution in [1.29, 1.82) is 5.26 Å². The van der Waals surface area contributed by atoms with E-state index >= 15 is 0 Å². The molecular weight excluding hydrogens is 434 g/mol. The van der Waals surface area contributed by atoms with Crippen molar-refractivity contribution < 1.29 is 19.2 Å². The van der Waals surface area contributed by atoms with Gasteiger partial charge in [0, 0.05) is 11.1 Å². The molecule has 2 aliphatic rings. The summed E-state index contributed by atoms with van der Waals surface area (Å²) in [5, 5.41) is 26.2. The molecule has 1 saturated heterocycles. The molecule has 5 rings (SSSR count). The summed E-state index contributed by atoms with van der Waals surface area (Å²) >= 11 is 0. The van der Waals surface area contributed by atoms with Gasteiger partial charge < -0.3 is 24.6 Å². The Hall–Kier alpha value is -3.90. The molecule has 0 bridgehead atoms. The van der Waals surface area contributed by atoms with Crippen LogP contribution in [0.2, 0.25) is 0 Å². The third-order valence-corrected chi connectivity index (χ3v) is 6.09. The molecule has 9 heteroatoms. The van der Waals surface area contributed by atoms with Crippen LogP contribution < -0.4 is 10.1 Å². The number of hydrogen-bond acceptors (Lipinski definition) is 7. The predicted molar refractivity (Wildman–Crippen MR) is 123 cm³/mol. The van der Waals surface area contributed by atoms with Gasteiger partial charge >= 0.3 is 6.03 Å². The molecule has 9 nitrogen and oxygen atoms in total. The Morgan fingerprint density at radius 2 is 2.15 bits per heavy atom. The number of aromatic nitrogens is 2. The third kappa shape index (κ3) is 4.08. The molecule has 1 aliphatic heterocycles. The van der Waals surface area contributed by atoms with Crippen LogP contribution in [0.3, 0.4) is 0 Å². The number of hydrogen-bond donors (Lipinski definition) is 2. The minimum Gasteiger partial charge on any atom is -0.490 e. The van der Waals surface area contributed by atoms with Crippen molar-refractivity contribution in [2.45, 2.75) is 44.9 Å². The lowest BCUT2D eigenvalue weighted by atomic mass is 10.0. The molecule has 0 unspecified atom stereocenters. The van der Waals surface area contributed by atoms with E-state index in [2.05, 4.69) is 21.5 Å². The van der Waals surface area contributed by atoms with Crippen LogP contribution in [0.5, 0.6) is 5.75 Å². The highest BCUT2D eigenvalue weighted by Crippen LogP contribution is 2.38. The Labute approximate surface area is 197 Å². The Balaban J connectivity index is 1.38. The first kappa shape index (κ1) is 21.9. The average molecular weight is 460 g/mol. The van der Waals surface area contributed by atoms with E-state index in [-0.39, 0.29) is 18.2 Å². The van der Waals surface area contributed by atoms with E-state index in [9.17, 15) is 15.2 Å². The van der Waals surface area contributed by atoms with Crippen molar-refractivity contribution in [3.63, 3.8) is 0 Å². The molecule has 1 aliphatic carbocycles. The second-order valence-electron chi connectivity index (χ2n) is 8.89. The number of β-amino-alcohol motifs (C(OH)–C–C–N with tert-alkyl or cyclic N) is 1. The second kappa shape index (κ2) is 8.80. The number of benzene rings is 2. The number of carbonyl (C=O) groups excluding carboxylic acids is 1. The summed E-state index contributed by atoms with van der Waals surface area (Å²) in [5.41, 5.74) is 4.03. The average Bonchev–Trinajstić information content (AvgIpc) is 3.44.